The van der Waals surface area contributed by atoms with Gasteiger partial charge >= 0.3 is 0 Å². The number of anilines is 2. The van der Waals surface area contributed by atoms with Crippen LogP contribution >= 0.6 is 11.3 Å². The standard InChI is InChI=1S/C20H20FN5O3S2/c1-20(2,17-11-30-19(25-17)26-31(28,29)13-4-5-13)18(27)24-15-6-3-12(9-14(15)21)16-10-22-7-8-23-16/h3,6-11,13H,4-5H2,1-2H3,(H,24,27)(H,25,26). The zero-order valence-corrected chi connectivity index (χ0v) is 18.4. The minimum atomic E-state index is -3.44. The highest BCUT2D eigenvalue weighted by Crippen LogP contribution is 2.33. The Morgan fingerprint density at radius 2 is 2.03 bits per heavy atom. The van der Waals surface area contributed by atoms with Crippen LogP contribution in [0.15, 0.2) is 42.2 Å². The van der Waals surface area contributed by atoms with Crippen LogP contribution in [-0.4, -0.2) is 34.5 Å². The van der Waals surface area contributed by atoms with E-state index in [1.807, 2.05) is 0 Å². The van der Waals surface area contributed by atoms with Crippen molar-refractivity contribution in [2.24, 2.45) is 0 Å². The van der Waals surface area contributed by atoms with Crippen LogP contribution in [0.5, 0.6) is 0 Å². The van der Waals surface area contributed by atoms with Crippen LogP contribution in [0.4, 0.5) is 15.2 Å². The molecule has 2 aromatic heterocycles. The second-order valence-corrected chi connectivity index (χ2v) is 10.6. The maximum atomic E-state index is 14.6. The van der Waals surface area contributed by atoms with Crippen molar-refractivity contribution in [1.29, 1.82) is 0 Å². The molecule has 2 heterocycles. The molecule has 0 atom stereocenters. The van der Waals surface area contributed by atoms with Gasteiger partial charge in [-0.3, -0.25) is 19.5 Å². The third-order valence-electron chi connectivity index (χ3n) is 4.98. The second kappa shape index (κ2) is 7.97. The largest absolute Gasteiger partial charge is 0.323 e. The van der Waals surface area contributed by atoms with Crippen molar-refractivity contribution in [2.45, 2.75) is 37.4 Å². The number of hydrogen-bond donors (Lipinski definition) is 2. The van der Waals surface area contributed by atoms with E-state index in [1.54, 1.807) is 25.3 Å². The summed E-state index contributed by atoms with van der Waals surface area (Å²) in [6.45, 7) is 3.28. The van der Waals surface area contributed by atoms with Crippen molar-refractivity contribution < 1.29 is 17.6 Å². The number of aromatic nitrogens is 3. The molecule has 1 aromatic carbocycles. The number of halogens is 1. The first-order valence-electron chi connectivity index (χ1n) is 9.52. The van der Waals surface area contributed by atoms with E-state index in [9.17, 15) is 17.6 Å². The number of sulfonamides is 1. The van der Waals surface area contributed by atoms with Crippen molar-refractivity contribution >= 4 is 38.1 Å². The molecule has 2 N–H and O–H groups in total. The molecule has 0 spiro atoms. The van der Waals surface area contributed by atoms with Crippen LogP contribution in [0, 0.1) is 5.82 Å². The molecule has 1 aliphatic carbocycles. The first-order chi connectivity index (χ1) is 14.7. The molecular weight excluding hydrogens is 441 g/mol. The molecular formula is C20H20FN5O3S2. The number of rotatable bonds is 7. The minimum absolute atomic E-state index is 0.0237. The van der Waals surface area contributed by atoms with Crippen molar-refractivity contribution in [2.75, 3.05) is 10.0 Å². The maximum absolute atomic E-state index is 14.6. The second-order valence-electron chi connectivity index (χ2n) is 7.75. The molecule has 0 saturated heterocycles. The van der Waals surface area contributed by atoms with Crippen LogP contribution in [0.25, 0.3) is 11.3 Å². The van der Waals surface area contributed by atoms with E-state index in [-0.39, 0.29) is 16.1 Å². The van der Waals surface area contributed by atoms with Crippen molar-refractivity contribution in [3.05, 3.63) is 53.7 Å². The Bertz CT molecular complexity index is 1220. The number of nitrogens with zero attached hydrogens (tertiary/aromatic N) is 3. The van der Waals surface area contributed by atoms with Gasteiger partial charge < -0.3 is 5.32 Å². The lowest BCUT2D eigenvalue weighted by molar-refractivity contribution is -0.120. The summed E-state index contributed by atoms with van der Waals surface area (Å²) in [4.78, 5) is 25.2. The number of amides is 1. The summed E-state index contributed by atoms with van der Waals surface area (Å²) >= 11 is 1.11. The van der Waals surface area contributed by atoms with Crippen LogP contribution in [0.2, 0.25) is 0 Å². The molecule has 1 amide bonds. The first kappa shape index (κ1) is 21.3. The van der Waals surface area contributed by atoms with Gasteiger partial charge in [-0.2, -0.15) is 0 Å². The maximum Gasteiger partial charge on any atom is 0.237 e. The Morgan fingerprint density at radius 3 is 2.68 bits per heavy atom. The van der Waals surface area contributed by atoms with Gasteiger partial charge in [0.2, 0.25) is 15.9 Å². The molecule has 0 unspecified atom stereocenters. The van der Waals surface area contributed by atoms with E-state index >= 15 is 0 Å². The van der Waals surface area contributed by atoms with E-state index in [0.717, 1.165) is 11.3 Å². The smallest absolute Gasteiger partial charge is 0.237 e. The van der Waals surface area contributed by atoms with E-state index in [0.29, 0.717) is 29.8 Å². The van der Waals surface area contributed by atoms with Gasteiger partial charge in [-0.05, 0) is 38.8 Å². The fraction of sp³-hybridized carbons (Fsp3) is 0.300. The molecule has 31 heavy (non-hydrogen) atoms. The quantitative estimate of drug-likeness (QED) is 0.556. The predicted molar refractivity (Wildman–Crippen MR) is 117 cm³/mol. The average molecular weight is 462 g/mol. The number of benzene rings is 1. The summed E-state index contributed by atoms with van der Waals surface area (Å²) in [7, 11) is -3.44. The molecule has 3 aromatic rings. The molecule has 0 bridgehead atoms. The van der Waals surface area contributed by atoms with Crippen LogP contribution in [0.3, 0.4) is 0 Å². The number of thiazole rings is 1. The van der Waals surface area contributed by atoms with Crippen molar-refractivity contribution in [3.8, 4) is 11.3 Å². The normalized spacial score (nSPS) is 14.3. The molecule has 8 nitrogen and oxygen atoms in total. The molecule has 1 saturated carbocycles. The molecule has 1 aliphatic rings. The van der Waals surface area contributed by atoms with Crippen molar-refractivity contribution in [3.63, 3.8) is 0 Å². The Morgan fingerprint density at radius 1 is 1.26 bits per heavy atom. The number of hydrogen-bond acceptors (Lipinski definition) is 7. The highest BCUT2D eigenvalue weighted by molar-refractivity contribution is 7.93. The molecule has 4 rings (SSSR count). The Balaban J connectivity index is 1.49. The van der Waals surface area contributed by atoms with Gasteiger partial charge in [-0.1, -0.05) is 6.07 Å². The van der Waals surface area contributed by atoms with Gasteiger partial charge in [0.15, 0.2) is 5.13 Å². The summed E-state index contributed by atoms with van der Waals surface area (Å²) in [6, 6.07) is 4.38. The number of carbonyl (C=O) groups excluding carboxylic acids is 1. The Kier molecular flexibility index (Phi) is 5.48. The monoisotopic (exact) mass is 461 g/mol. The molecule has 162 valence electrons. The predicted octanol–water partition coefficient (Wildman–Crippen LogP) is 3.56. The molecule has 11 heteroatoms. The molecule has 0 aliphatic heterocycles. The van der Waals surface area contributed by atoms with Gasteiger partial charge in [-0.15, -0.1) is 11.3 Å². The summed E-state index contributed by atoms with van der Waals surface area (Å²) in [5.74, 6) is -1.08. The highest BCUT2D eigenvalue weighted by Gasteiger charge is 2.37. The zero-order valence-electron chi connectivity index (χ0n) is 16.8. The topological polar surface area (TPSA) is 114 Å². The highest BCUT2D eigenvalue weighted by atomic mass is 32.2. The average Bonchev–Trinajstić information content (AvgIpc) is 3.50. The van der Waals surface area contributed by atoms with Gasteiger partial charge in [0.25, 0.3) is 0 Å². The van der Waals surface area contributed by atoms with Gasteiger partial charge in [0.1, 0.15) is 5.82 Å². The summed E-state index contributed by atoms with van der Waals surface area (Å²) < 4.78 is 41.3. The summed E-state index contributed by atoms with van der Waals surface area (Å²) in [6.07, 6.45) is 5.84. The Hall–Kier alpha value is -2.92. The molecule has 1 fully saturated rings. The SMILES string of the molecule is CC(C)(C(=O)Nc1ccc(-c2cnccn2)cc1F)c1csc(NS(=O)(=O)C2CC2)n1. The van der Waals surface area contributed by atoms with Gasteiger partial charge in [0.05, 0.1) is 33.9 Å². The third-order valence-corrected chi connectivity index (χ3v) is 7.70. The van der Waals surface area contributed by atoms with E-state index in [2.05, 4.69) is 25.0 Å². The van der Waals surface area contributed by atoms with Gasteiger partial charge in [-0.25, -0.2) is 17.8 Å². The van der Waals surface area contributed by atoms with Crippen LogP contribution < -0.4 is 10.0 Å². The fourth-order valence-electron chi connectivity index (χ4n) is 2.81. The fourth-order valence-corrected chi connectivity index (χ4v) is 5.28. The number of nitrogens with one attached hydrogen (secondary N) is 2. The van der Waals surface area contributed by atoms with E-state index in [1.165, 1.54) is 30.7 Å². The van der Waals surface area contributed by atoms with E-state index in [4.69, 9.17) is 0 Å². The first-order valence-corrected chi connectivity index (χ1v) is 11.9. The van der Waals surface area contributed by atoms with Crippen molar-refractivity contribution in [1.82, 2.24) is 15.0 Å². The number of carbonyl (C=O) groups is 1. The lowest BCUT2D eigenvalue weighted by Crippen LogP contribution is -2.35. The molecule has 0 radical (unpaired) electrons. The zero-order chi connectivity index (χ0) is 22.2. The Labute approximate surface area is 183 Å². The van der Waals surface area contributed by atoms with Crippen LogP contribution in [0.1, 0.15) is 32.4 Å². The minimum Gasteiger partial charge on any atom is -0.323 e. The summed E-state index contributed by atoms with van der Waals surface area (Å²) in [5.41, 5.74) is 0.351. The van der Waals surface area contributed by atoms with E-state index < -0.39 is 27.2 Å². The lowest BCUT2D eigenvalue weighted by Gasteiger charge is -2.22. The third kappa shape index (κ3) is 4.57. The lowest BCUT2D eigenvalue weighted by atomic mass is 9.89. The van der Waals surface area contributed by atoms with Crippen LogP contribution in [-0.2, 0) is 20.2 Å². The van der Waals surface area contributed by atoms with Gasteiger partial charge in [0, 0.05) is 23.3 Å². The summed E-state index contributed by atoms with van der Waals surface area (Å²) in [5, 5.41) is 4.05.